The van der Waals surface area contributed by atoms with Crippen LogP contribution in [0.5, 0.6) is 0 Å². The molecule has 0 aliphatic carbocycles. The topological polar surface area (TPSA) is 80.0 Å². The zero-order valence-corrected chi connectivity index (χ0v) is 14.3. The van der Waals surface area contributed by atoms with Gasteiger partial charge >= 0.3 is 5.97 Å². The van der Waals surface area contributed by atoms with Crippen molar-refractivity contribution in [3.05, 3.63) is 58.5 Å². The Morgan fingerprint density at radius 3 is 2.80 bits per heavy atom. The van der Waals surface area contributed by atoms with Crippen LogP contribution < -0.4 is 0 Å². The van der Waals surface area contributed by atoms with E-state index in [4.69, 9.17) is 14.3 Å². The van der Waals surface area contributed by atoms with Gasteiger partial charge < -0.3 is 19.2 Å². The van der Waals surface area contributed by atoms with Gasteiger partial charge in [0.2, 0.25) is 5.91 Å². The summed E-state index contributed by atoms with van der Waals surface area (Å²) in [5, 5.41) is 9.07. The van der Waals surface area contributed by atoms with Crippen molar-refractivity contribution in [2.24, 2.45) is 0 Å². The molecule has 1 amide bonds. The number of carboxylic acids is 1. The fourth-order valence-corrected chi connectivity index (χ4v) is 3.12. The Labute approximate surface area is 146 Å². The lowest BCUT2D eigenvalue weighted by molar-refractivity contribution is -0.134. The fraction of sp³-hybridized carbons (Fsp3) is 0.368. The van der Waals surface area contributed by atoms with E-state index in [2.05, 4.69) is 6.07 Å². The first-order valence-corrected chi connectivity index (χ1v) is 8.21. The fourth-order valence-electron chi connectivity index (χ4n) is 3.12. The molecule has 0 bridgehead atoms. The molecule has 1 aliphatic rings. The standard InChI is InChI=1S/C19H21NO5/c1-12-16(19(22)23)9-14(25-12)11-20(2)18(21)10-17-15-6-4-3-5-13(15)7-8-24-17/h3-6,9,17H,7-8,10-11H2,1-2H3,(H,22,23). The molecule has 2 aromatic rings. The summed E-state index contributed by atoms with van der Waals surface area (Å²) >= 11 is 0. The molecule has 1 aliphatic heterocycles. The molecule has 0 saturated carbocycles. The first-order chi connectivity index (χ1) is 12.0. The third kappa shape index (κ3) is 3.74. The summed E-state index contributed by atoms with van der Waals surface area (Å²) < 4.78 is 11.2. The molecule has 2 heterocycles. The van der Waals surface area contributed by atoms with Gasteiger partial charge in [-0.25, -0.2) is 4.79 Å². The number of nitrogens with zero attached hydrogens (tertiary/aromatic N) is 1. The Balaban J connectivity index is 1.66. The Bertz CT molecular complexity index is 795. The second kappa shape index (κ2) is 7.11. The lowest BCUT2D eigenvalue weighted by Gasteiger charge is -2.27. The van der Waals surface area contributed by atoms with Crippen molar-refractivity contribution in [3.8, 4) is 0 Å². The van der Waals surface area contributed by atoms with E-state index in [1.165, 1.54) is 16.5 Å². The Kier molecular flexibility index (Phi) is 4.90. The van der Waals surface area contributed by atoms with Gasteiger partial charge in [0.05, 0.1) is 25.7 Å². The van der Waals surface area contributed by atoms with Crippen LogP contribution in [-0.4, -0.2) is 35.5 Å². The lowest BCUT2D eigenvalue weighted by Crippen LogP contribution is -2.29. The summed E-state index contributed by atoms with van der Waals surface area (Å²) in [6.07, 6.45) is 0.868. The maximum absolute atomic E-state index is 12.5. The van der Waals surface area contributed by atoms with E-state index in [-0.39, 0.29) is 30.5 Å². The van der Waals surface area contributed by atoms with E-state index >= 15 is 0 Å². The highest BCUT2D eigenvalue weighted by Crippen LogP contribution is 2.30. The molecule has 1 atom stereocenters. The third-order valence-electron chi connectivity index (χ3n) is 4.47. The van der Waals surface area contributed by atoms with Gasteiger partial charge in [0.15, 0.2) is 0 Å². The molecule has 25 heavy (non-hydrogen) atoms. The molecule has 1 unspecified atom stereocenters. The smallest absolute Gasteiger partial charge is 0.339 e. The number of hydrogen-bond donors (Lipinski definition) is 1. The number of ether oxygens (including phenoxy) is 1. The zero-order chi connectivity index (χ0) is 18.0. The first-order valence-electron chi connectivity index (χ1n) is 8.21. The van der Waals surface area contributed by atoms with Crippen LogP contribution in [-0.2, 0) is 22.5 Å². The lowest BCUT2D eigenvalue weighted by atomic mass is 9.95. The van der Waals surface area contributed by atoms with Crippen LogP contribution in [0.15, 0.2) is 34.7 Å². The molecule has 6 heteroatoms. The zero-order valence-electron chi connectivity index (χ0n) is 14.3. The maximum atomic E-state index is 12.5. The number of furan rings is 1. The third-order valence-corrected chi connectivity index (χ3v) is 4.47. The molecule has 1 aromatic heterocycles. The highest BCUT2D eigenvalue weighted by atomic mass is 16.5. The molecule has 0 fully saturated rings. The van der Waals surface area contributed by atoms with Crippen LogP contribution in [0.1, 0.15) is 45.5 Å². The van der Waals surface area contributed by atoms with Crippen molar-refractivity contribution in [2.75, 3.05) is 13.7 Å². The molecule has 1 aromatic carbocycles. The van der Waals surface area contributed by atoms with Crippen LogP contribution in [0.2, 0.25) is 0 Å². The number of fused-ring (bicyclic) bond motifs is 1. The van der Waals surface area contributed by atoms with Crippen molar-refractivity contribution in [3.63, 3.8) is 0 Å². The molecule has 6 nitrogen and oxygen atoms in total. The van der Waals surface area contributed by atoms with Gasteiger partial charge in [-0.15, -0.1) is 0 Å². The number of carboxylic acid groups (broad SMARTS) is 1. The summed E-state index contributed by atoms with van der Waals surface area (Å²) in [7, 11) is 1.68. The van der Waals surface area contributed by atoms with Gasteiger partial charge in [0, 0.05) is 7.05 Å². The predicted molar refractivity (Wildman–Crippen MR) is 90.3 cm³/mol. The molecule has 132 valence electrons. The van der Waals surface area contributed by atoms with Crippen LogP contribution >= 0.6 is 0 Å². The normalized spacial score (nSPS) is 16.3. The van der Waals surface area contributed by atoms with E-state index in [1.54, 1.807) is 14.0 Å². The van der Waals surface area contributed by atoms with Crippen LogP contribution in [0.3, 0.4) is 0 Å². The minimum Gasteiger partial charge on any atom is -0.478 e. The number of amides is 1. The number of rotatable bonds is 5. The number of hydrogen-bond acceptors (Lipinski definition) is 4. The quantitative estimate of drug-likeness (QED) is 0.903. The minimum atomic E-state index is -1.03. The molecule has 0 spiro atoms. The van der Waals surface area contributed by atoms with Gasteiger partial charge in [0.25, 0.3) is 0 Å². The number of aromatic carboxylic acids is 1. The van der Waals surface area contributed by atoms with Crippen molar-refractivity contribution >= 4 is 11.9 Å². The Morgan fingerprint density at radius 2 is 2.08 bits per heavy atom. The minimum absolute atomic E-state index is 0.0763. The van der Waals surface area contributed by atoms with E-state index in [0.29, 0.717) is 18.1 Å². The summed E-state index contributed by atoms with van der Waals surface area (Å²) in [5.41, 5.74) is 2.42. The SMILES string of the molecule is Cc1oc(CN(C)C(=O)CC2OCCc3ccccc32)cc1C(=O)O. The average molecular weight is 343 g/mol. The predicted octanol–water partition coefficient (Wildman–Crippen LogP) is 2.95. The summed E-state index contributed by atoms with van der Waals surface area (Å²) in [4.78, 5) is 25.1. The molecule has 3 rings (SSSR count). The van der Waals surface area contributed by atoms with Crippen LogP contribution in [0, 0.1) is 6.92 Å². The van der Waals surface area contributed by atoms with Crippen LogP contribution in [0.25, 0.3) is 0 Å². The van der Waals surface area contributed by atoms with E-state index in [1.807, 2.05) is 18.2 Å². The highest BCUT2D eigenvalue weighted by Gasteiger charge is 2.25. The van der Waals surface area contributed by atoms with Crippen LogP contribution in [0.4, 0.5) is 0 Å². The summed E-state index contributed by atoms with van der Waals surface area (Å²) in [5.74, 6) is -0.315. The second-order valence-electron chi connectivity index (χ2n) is 6.25. The number of benzene rings is 1. The molecular weight excluding hydrogens is 322 g/mol. The largest absolute Gasteiger partial charge is 0.478 e. The van der Waals surface area contributed by atoms with Crippen molar-refractivity contribution < 1.29 is 23.8 Å². The van der Waals surface area contributed by atoms with Crippen molar-refractivity contribution in [1.29, 1.82) is 0 Å². The van der Waals surface area contributed by atoms with Gasteiger partial charge in [-0.1, -0.05) is 24.3 Å². The van der Waals surface area contributed by atoms with Gasteiger partial charge in [-0.3, -0.25) is 4.79 Å². The van der Waals surface area contributed by atoms with E-state index < -0.39 is 5.97 Å². The molecular formula is C19H21NO5. The Morgan fingerprint density at radius 1 is 1.32 bits per heavy atom. The van der Waals surface area contributed by atoms with Crippen molar-refractivity contribution in [1.82, 2.24) is 4.90 Å². The average Bonchev–Trinajstić information content (AvgIpc) is 2.95. The van der Waals surface area contributed by atoms with Gasteiger partial charge in [-0.2, -0.15) is 0 Å². The van der Waals surface area contributed by atoms with E-state index in [0.717, 1.165) is 12.0 Å². The highest BCUT2D eigenvalue weighted by molar-refractivity contribution is 5.88. The summed E-state index contributed by atoms with van der Waals surface area (Å²) in [6, 6.07) is 9.48. The maximum Gasteiger partial charge on any atom is 0.339 e. The Hall–Kier alpha value is -2.60. The van der Waals surface area contributed by atoms with Gasteiger partial charge in [-0.05, 0) is 30.5 Å². The molecule has 0 saturated heterocycles. The number of carbonyl (C=O) groups excluding carboxylic acids is 1. The number of aryl methyl sites for hydroxylation is 1. The summed E-state index contributed by atoms with van der Waals surface area (Å²) in [6.45, 7) is 2.43. The monoisotopic (exact) mass is 343 g/mol. The van der Waals surface area contributed by atoms with Crippen molar-refractivity contribution in [2.45, 2.75) is 32.4 Å². The molecule has 1 N–H and O–H groups in total. The van der Waals surface area contributed by atoms with Gasteiger partial charge in [0.1, 0.15) is 17.1 Å². The molecule has 0 radical (unpaired) electrons. The second-order valence-corrected chi connectivity index (χ2v) is 6.25. The number of carbonyl (C=O) groups is 2. The first kappa shape index (κ1) is 17.2. The van der Waals surface area contributed by atoms with E-state index in [9.17, 15) is 9.59 Å².